The molecule has 33 heavy (non-hydrogen) atoms. The van der Waals surface area contributed by atoms with E-state index in [0.29, 0.717) is 23.3 Å². The van der Waals surface area contributed by atoms with Crippen molar-refractivity contribution in [3.63, 3.8) is 0 Å². The molecule has 182 valence electrons. The van der Waals surface area contributed by atoms with E-state index < -0.39 is 87.0 Å². The summed E-state index contributed by atoms with van der Waals surface area (Å²) < 4.78 is 107. The molecular weight excluding hydrogens is 480 g/mol. The number of likely N-dealkylation sites (tertiary alicyclic amines) is 1. The molecule has 1 aromatic carbocycles. The summed E-state index contributed by atoms with van der Waals surface area (Å²) in [5, 5.41) is 7.62. The number of rotatable bonds is 5. The molecule has 0 radical (unpaired) electrons. The van der Waals surface area contributed by atoms with Crippen molar-refractivity contribution < 1.29 is 49.5 Å². The van der Waals surface area contributed by atoms with Crippen molar-refractivity contribution in [3.05, 3.63) is 29.3 Å². The second kappa shape index (κ2) is 7.34. The molecule has 1 saturated heterocycles. The van der Waals surface area contributed by atoms with E-state index in [1.807, 2.05) is 0 Å². The average Bonchev–Trinajstić information content (AvgIpc) is 3.61. The topological polar surface area (TPSA) is 91.8 Å². The maximum absolute atomic E-state index is 13.7. The Morgan fingerprint density at radius 2 is 1.67 bits per heavy atom. The molecule has 2 saturated carbocycles. The number of carboxylic acids is 1. The lowest BCUT2D eigenvalue weighted by atomic mass is 10.0. The predicted molar refractivity (Wildman–Crippen MR) is 99.9 cm³/mol. The number of alkyl halides is 6. The molecule has 2 atom stereocenters. The Kier molecular flexibility index (Phi) is 5.30. The van der Waals surface area contributed by atoms with Crippen LogP contribution in [0.3, 0.4) is 0 Å². The van der Waals surface area contributed by atoms with E-state index in [4.69, 9.17) is 0 Å². The Balaban J connectivity index is 1.69. The average molecular weight is 499 g/mol. The zero-order valence-electron chi connectivity index (χ0n) is 16.9. The highest BCUT2D eigenvalue weighted by Crippen LogP contribution is 2.59. The molecule has 0 spiro atoms. The van der Waals surface area contributed by atoms with Crippen LogP contribution in [0.25, 0.3) is 0 Å². The molecule has 4 rings (SSSR count). The lowest BCUT2D eigenvalue weighted by Gasteiger charge is -2.28. The van der Waals surface area contributed by atoms with Crippen molar-refractivity contribution in [2.24, 2.45) is 5.41 Å². The lowest BCUT2D eigenvalue weighted by Crippen LogP contribution is -2.48. The maximum Gasteiger partial charge on any atom is 0.417 e. The quantitative estimate of drug-likeness (QED) is 0.624. The van der Waals surface area contributed by atoms with Gasteiger partial charge in [0, 0.05) is 6.54 Å². The molecular formula is C20H19F6NO5S. The molecule has 1 aliphatic heterocycles. The minimum absolute atomic E-state index is 0.101. The van der Waals surface area contributed by atoms with E-state index in [1.54, 1.807) is 0 Å². The molecule has 0 bridgehead atoms. The van der Waals surface area contributed by atoms with Crippen molar-refractivity contribution in [1.82, 2.24) is 4.90 Å². The van der Waals surface area contributed by atoms with E-state index in [0.717, 1.165) is 12.1 Å². The monoisotopic (exact) mass is 499 g/mol. The van der Waals surface area contributed by atoms with Crippen LogP contribution < -0.4 is 0 Å². The fourth-order valence-electron chi connectivity index (χ4n) is 4.37. The van der Waals surface area contributed by atoms with Gasteiger partial charge < -0.3 is 10.0 Å². The summed E-state index contributed by atoms with van der Waals surface area (Å²) in [5.74, 6) is -3.38. The molecule has 1 aromatic rings. The zero-order valence-corrected chi connectivity index (χ0v) is 17.7. The van der Waals surface area contributed by atoms with Gasteiger partial charge in [-0.1, -0.05) is 6.07 Å². The van der Waals surface area contributed by atoms with Crippen LogP contribution in [0.5, 0.6) is 0 Å². The van der Waals surface area contributed by atoms with E-state index in [-0.39, 0.29) is 5.92 Å². The highest BCUT2D eigenvalue weighted by atomic mass is 32.2. The molecule has 6 nitrogen and oxygen atoms in total. The zero-order chi connectivity index (χ0) is 24.6. The maximum atomic E-state index is 13.7. The number of aliphatic carboxylic acids is 1. The van der Waals surface area contributed by atoms with Crippen molar-refractivity contribution in [3.8, 4) is 0 Å². The summed E-state index contributed by atoms with van der Waals surface area (Å²) in [5.41, 5.74) is -3.85. The normalized spacial score (nSPS) is 25.2. The van der Waals surface area contributed by atoms with Crippen LogP contribution >= 0.6 is 0 Å². The van der Waals surface area contributed by atoms with Crippen LogP contribution in [0.15, 0.2) is 23.1 Å². The first-order chi connectivity index (χ1) is 15.1. The summed E-state index contributed by atoms with van der Waals surface area (Å²) in [6, 6.07) is 0.927. The van der Waals surface area contributed by atoms with Gasteiger partial charge in [0.15, 0.2) is 9.84 Å². The molecule has 1 heterocycles. The highest BCUT2D eigenvalue weighted by Gasteiger charge is 2.70. The first-order valence-corrected chi connectivity index (χ1v) is 11.7. The Morgan fingerprint density at radius 1 is 1.06 bits per heavy atom. The van der Waals surface area contributed by atoms with Gasteiger partial charge in [-0.3, -0.25) is 4.79 Å². The molecule has 0 unspecified atom stereocenters. The molecule has 2 aliphatic carbocycles. The van der Waals surface area contributed by atoms with Gasteiger partial charge in [0.1, 0.15) is 11.5 Å². The molecule has 1 N–H and O–H groups in total. The molecule has 3 fully saturated rings. The Bertz CT molecular complexity index is 1100. The van der Waals surface area contributed by atoms with Crippen LogP contribution in [0.2, 0.25) is 0 Å². The first-order valence-electron chi connectivity index (χ1n) is 10.2. The number of hydrogen-bond acceptors (Lipinski definition) is 4. The number of benzene rings is 1. The third kappa shape index (κ3) is 3.97. The van der Waals surface area contributed by atoms with Crippen molar-refractivity contribution in [1.29, 1.82) is 0 Å². The Hall–Kier alpha value is -2.31. The number of nitrogens with zero attached hydrogens (tertiary/aromatic N) is 1. The summed E-state index contributed by atoms with van der Waals surface area (Å²) in [6.45, 7) is -0.933. The van der Waals surface area contributed by atoms with E-state index in [1.165, 1.54) is 6.07 Å². The van der Waals surface area contributed by atoms with Gasteiger partial charge in [-0.2, -0.15) is 26.3 Å². The summed E-state index contributed by atoms with van der Waals surface area (Å²) in [6.07, 6.45) is -10.6. The van der Waals surface area contributed by atoms with Crippen LogP contribution in [-0.2, 0) is 25.6 Å². The number of amides is 1. The van der Waals surface area contributed by atoms with E-state index in [9.17, 15) is 49.5 Å². The second-order valence-electron chi connectivity index (χ2n) is 8.82. The van der Waals surface area contributed by atoms with Gasteiger partial charge in [0.25, 0.3) is 0 Å². The first kappa shape index (κ1) is 23.8. The molecule has 0 aromatic heterocycles. The standard InChI is InChI=1S/C20H19F6NO5S/c21-19(22,23)13-7-11(10-1-2-10)3-4-15(13)33(31,32)12-8-14(16(28)29)27(9-12)17(30)18(5-6-18)20(24,25)26/h3-4,7,10,12,14H,1-2,5-6,8-9H2,(H,28,29)/t12-,14+/m1/s1. The van der Waals surface area contributed by atoms with E-state index in [2.05, 4.69) is 0 Å². The van der Waals surface area contributed by atoms with E-state index >= 15 is 0 Å². The Labute approximate surface area is 184 Å². The third-order valence-electron chi connectivity index (χ3n) is 6.61. The number of carbonyl (C=O) groups is 2. The van der Waals surface area contributed by atoms with Gasteiger partial charge >= 0.3 is 18.3 Å². The van der Waals surface area contributed by atoms with Gasteiger partial charge in [0.2, 0.25) is 5.91 Å². The van der Waals surface area contributed by atoms with Gasteiger partial charge in [-0.05, 0) is 55.7 Å². The Morgan fingerprint density at radius 3 is 2.12 bits per heavy atom. The molecule has 3 aliphatic rings. The summed E-state index contributed by atoms with van der Waals surface area (Å²) in [4.78, 5) is 23.5. The largest absolute Gasteiger partial charge is 0.480 e. The fraction of sp³-hybridized carbons (Fsp3) is 0.600. The van der Waals surface area contributed by atoms with Gasteiger partial charge in [-0.15, -0.1) is 0 Å². The van der Waals surface area contributed by atoms with Crippen LogP contribution in [0.1, 0.15) is 49.1 Å². The fourth-order valence-corrected chi connectivity index (χ4v) is 6.26. The lowest BCUT2D eigenvalue weighted by molar-refractivity contribution is -0.199. The third-order valence-corrected chi connectivity index (χ3v) is 8.80. The smallest absolute Gasteiger partial charge is 0.417 e. The number of halogens is 6. The van der Waals surface area contributed by atoms with Gasteiger partial charge in [-0.25, -0.2) is 13.2 Å². The number of carboxylic acid groups (broad SMARTS) is 1. The SMILES string of the molecule is O=C(O)[C@@H]1C[C@@H](S(=O)(=O)c2ccc(C3CC3)cc2C(F)(F)F)CN1C(=O)C1(C(F)(F)F)CC1. The minimum atomic E-state index is -5.03. The predicted octanol–water partition coefficient (Wildman–Crippen LogP) is 3.75. The minimum Gasteiger partial charge on any atom is -0.480 e. The second-order valence-corrected chi connectivity index (χ2v) is 11.0. The summed E-state index contributed by atoms with van der Waals surface area (Å²) in [7, 11) is -4.83. The van der Waals surface area contributed by atoms with Crippen LogP contribution in [-0.4, -0.2) is 54.3 Å². The van der Waals surface area contributed by atoms with Crippen molar-refractivity contribution in [2.45, 2.75) is 66.6 Å². The molecule has 1 amide bonds. The number of carbonyl (C=O) groups excluding carboxylic acids is 1. The van der Waals surface area contributed by atoms with Crippen LogP contribution in [0, 0.1) is 5.41 Å². The number of hydrogen-bond donors (Lipinski definition) is 1. The summed E-state index contributed by atoms with van der Waals surface area (Å²) >= 11 is 0. The van der Waals surface area contributed by atoms with Crippen LogP contribution in [0.4, 0.5) is 26.3 Å². The van der Waals surface area contributed by atoms with Crippen molar-refractivity contribution >= 4 is 21.7 Å². The number of sulfone groups is 1. The van der Waals surface area contributed by atoms with Crippen molar-refractivity contribution in [2.75, 3.05) is 6.54 Å². The highest BCUT2D eigenvalue weighted by molar-refractivity contribution is 7.92. The van der Waals surface area contributed by atoms with Gasteiger partial charge in [0.05, 0.1) is 15.7 Å². The molecule has 13 heteroatoms.